The maximum atomic E-state index is 12.5. The molecule has 2 heterocycles. The van der Waals surface area contributed by atoms with Crippen molar-refractivity contribution in [1.82, 2.24) is 14.9 Å². The van der Waals surface area contributed by atoms with Crippen LogP contribution in [0.1, 0.15) is 11.1 Å². The van der Waals surface area contributed by atoms with E-state index in [1.54, 1.807) is 31.3 Å². The average molecular weight is 372 g/mol. The lowest BCUT2D eigenvalue weighted by atomic mass is 10.2. The van der Waals surface area contributed by atoms with Crippen molar-refractivity contribution >= 4 is 23.5 Å². The van der Waals surface area contributed by atoms with E-state index in [0.29, 0.717) is 24.7 Å². The van der Waals surface area contributed by atoms with Crippen LogP contribution in [0, 0.1) is 13.8 Å². The van der Waals surface area contributed by atoms with Crippen LogP contribution in [0.3, 0.4) is 0 Å². The highest BCUT2D eigenvalue weighted by Gasteiger charge is 2.22. The quantitative estimate of drug-likeness (QED) is 0.752. The zero-order chi connectivity index (χ0) is 18.5. The lowest BCUT2D eigenvalue weighted by Crippen LogP contribution is -2.49. The van der Waals surface area contributed by atoms with Crippen molar-refractivity contribution in [2.75, 3.05) is 43.9 Å². The number of amides is 1. The van der Waals surface area contributed by atoms with Crippen molar-refractivity contribution in [3.05, 3.63) is 41.7 Å². The van der Waals surface area contributed by atoms with Crippen LogP contribution in [0.5, 0.6) is 5.88 Å². The molecule has 0 atom stereocenters. The first-order valence-corrected chi connectivity index (χ1v) is 9.64. The summed E-state index contributed by atoms with van der Waals surface area (Å²) in [6.07, 6.45) is 3.32. The van der Waals surface area contributed by atoms with Crippen LogP contribution >= 0.6 is 11.8 Å². The van der Waals surface area contributed by atoms with Crippen molar-refractivity contribution in [3.8, 4) is 5.88 Å². The number of hydrogen-bond donors (Lipinski definition) is 0. The second-order valence-electron chi connectivity index (χ2n) is 6.35. The molecule has 2 aromatic rings. The maximum absolute atomic E-state index is 12.5. The molecule has 0 unspecified atom stereocenters. The maximum Gasteiger partial charge on any atom is 0.233 e. The number of anilines is 1. The van der Waals surface area contributed by atoms with E-state index in [1.165, 1.54) is 16.0 Å². The Morgan fingerprint density at radius 1 is 1.19 bits per heavy atom. The Morgan fingerprint density at radius 2 is 1.96 bits per heavy atom. The van der Waals surface area contributed by atoms with Gasteiger partial charge in [0.25, 0.3) is 0 Å². The molecule has 1 aliphatic rings. The number of nitrogens with zero attached hydrogens (tertiary/aromatic N) is 4. The number of aryl methyl sites for hydroxylation is 2. The minimum atomic E-state index is 0.187. The highest BCUT2D eigenvalue weighted by molar-refractivity contribution is 8.00. The second kappa shape index (κ2) is 8.40. The van der Waals surface area contributed by atoms with Crippen LogP contribution in [0.25, 0.3) is 0 Å². The molecule has 7 heteroatoms. The van der Waals surface area contributed by atoms with Gasteiger partial charge in [-0.3, -0.25) is 9.78 Å². The fraction of sp³-hybridized carbons (Fsp3) is 0.421. The first kappa shape index (κ1) is 18.5. The van der Waals surface area contributed by atoms with Gasteiger partial charge in [0.1, 0.15) is 0 Å². The molecule has 3 rings (SSSR count). The normalized spacial score (nSPS) is 14.4. The molecule has 1 aromatic carbocycles. The molecule has 0 saturated carbocycles. The minimum Gasteiger partial charge on any atom is -0.480 e. The molecule has 138 valence electrons. The summed E-state index contributed by atoms with van der Waals surface area (Å²) in [4.78, 5) is 26.4. The predicted octanol–water partition coefficient (Wildman–Crippen LogP) is 2.54. The van der Waals surface area contributed by atoms with Gasteiger partial charge in [0.15, 0.2) is 5.82 Å². The lowest BCUT2D eigenvalue weighted by molar-refractivity contribution is -0.128. The van der Waals surface area contributed by atoms with E-state index in [1.807, 2.05) is 4.90 Å². The molecule has 0 bridgehead atoms. The molecular weight excluding hydrogens is 348 g/mol. The highest BCUT2D eigenvalue weighted by Crippen LogP contribution is 2.24. The monoisotopic (exact) mass is 372 g/mol. The molecule has 0 spiro atoms. The molecule has 1 saturated heterocycles. The minimum absolute atomic E-state index is 0.187. The number of thioether (sulfide) groups is 1. The molecular formula is C19H24N4O2S. The van der Waals surface area contributed by atoms with Crippen LogP contribution < -0.4 is 9.64 Å². The number of hydrogen-bond acceptors (Lipinski definition) is 6. The zero-order valence-electron chi connectivity index (χ0n) is 15.4. The molecule has 1 amide bonds. The Kier molecular flexibility index (Phi) is 5.98. The van der Waals surface area contributed by atoms with E-state index in [0.717, 1.165) is 18.9 Å². The van der Waals surface area contributed by atoms with Crippen molar-refractivity contribution in [2.24, 2.45) is 0 Å². The molecule has 0 aliphatic carbocycles. The third-order valence-electron chi connectivity index (χ3n) is 4.46. The summed E-state index contributed by atoms with van der Waals surface area (Å²) in [6.45, 7) is 7.06. The summed E-state index contributed by atoms with van der Waals surface area (Å²) in [5.41, 5.74) is 2.44. The van der Waals surface area contributed by atoms with Gasteiger partial charge >= 0.3 is 0 Å². The summed E-state index contributed by atoms with van der Waals surface area (Å²) in [7, 11) is 1.58. The van der Waals surface area contributed by atoms with Gasteiger partial charge in [0, 0.05) is 31.1 Å². The topological polar surface area (TPSA) is 58.6 Å². The van der Waals surface area contributed by atoms with E-state index in [2.05, 4.69) is 46.9 Å². The molecule has 1 aromatic heterocycles. The van der Waals surface area contributed by atoms with E-state index in [9.17, 15) is 4.79 Å². The second-order valence-corrected chi connectivity index (χ2v) is 7.36. The van der Waals surface area contributed by atoms with E-state index >= 15 is 0 Å². The van der Waals surface area contributed by atoms with Crippen molar-refractivity contribution in [1.29, 1.82) is 0 Å². The van der Waals surface area contributed by atoms with E-state index < -0.39 is 0 Å². The Morgan fingerprint density at radius 3 is 2.69 bits per heavy atom. The van der Waals surface area contributed by atoms with Gasteiger partial charge in [-0.25, -0.2) is 0 Å². The van der Waals surface area contributed by atoms with Gasteiger partial charge in [0.05, 0.1) is 25.3 Å². The Bertz CT molecular complexity index is 776. The van der Waals surface area contributed by atoms with Crippen molar-refractivity contribution in [2.45, 2.75) is 18.7 Å². The number of ether oxygens (including phenoxy) is 1. The zero-order valence-corrected chi connectivity index (χ0v) is 16.3. The number of aromatic nitrogens is 2. The first-order chi connectivity index (χ1) is 12.6. The molecule has 0 N–H and O–H groups in total. The summed E-state index contributed by atoms with van der Waals surface area (Å²) in [5, 5.41) is 0. The largest absolute Gasteiger partial charge is 0.480 e. The SMILES string of the molecule is COc1cncc(N2CCN(C(=O)CSc3cc(C)ccc3C)CC2)n1. The summed E-state index contributed by atoms with van der Waals surface area (Å²) < 4.78 is 5.13. The highest BCUT2D eigenvalue weighted by atomic mass is 32.2. The standard InChI is InChI=1S/C19H24N4O2S/c1-14-4-5-15(2)16(10-14)26-13-19(24)23-8-6-22(7-9-23)17-11-20-12-18(21-17)25-3/h4-5,10-12H,6-9,13H2,1-3H3. The summed E-state index contributed by atoms with van der Waals surface area (Å²) >= 11 is 1.62. The molecule has 1 fully saturated rings. The number of benzene rings is 1. The fourth-order valence-corrected chi connectivity index (χ4v) is 3.89. The molecule has 1 aliphatic heterocycles. The van der Waals surface area contributed by atoms with Crippen LogP contribution in [0.2, 0.25) is 0 Å². The summed E-state index contributed by atoms with van der Waals surface area (Å²) in [6, 6.07) is 6.35. The van der Waals surface area contributed by atoms with Gasteiger partial charge in [0.2, 0.25) is 11.8 Å². The van der Waals surface area contributed by atoms with E-state index in [4.69, 9.17) is 4.74 Å². The smallest absolute Gasteiger partial charge is 0.233 e. The Balaban J connectivity index is 1.52. The molecule has 26 heavy (non-hydrogen) atoms. The van der Waals surface area contributed by atoms with Crippen LogP contribution in [0.4, 0.5) is 5.82 Å². The first-order valence-electron chi connectivity index (χ1n) is 8.65. The Labute approximate surface area is 158 Å². The third kappa shape index (κ3) is 4.46. The van der Waals surface area contributed by atoms with Crippen molar-refractivity contribution < 1.29 is 9.53 Å². The van der Waals surface area contributed by atoms with Gasteiger partial charge in [-0.15, -0.1) is 11.8 Å². The van der Waals surface area contributed by atoms with Crippen LogP contribution in [0.15, 0.2) is 35.5 Å². The van der Waals surface area contributed by atoms with Crippen LogP contribution in [-0.4, -0.2) is 59.8 Å². The number of rotatable bonds is 5. The van der Waals surface area contributed by atoms with Gasteiger partial charge in [-0.2, -0.15) is 4.98 Å². The van der Waals surface area contributed by atoms with Crippen LogP contribution in [-0.2, 0) is 4.79 Å². The van der Waals surface area contributed by atoms with Crippen molar-refractivity contribution in [3.63, 3.8) is 0 Å². The fourth-order valence-electron chi connectivity index (χ4n) is 2.87. The van der Waals surface area contributed by atoms with Gasteiger partial charge < -0.3 is 14.5 Å². The molecule has 6 nitrogen and oxygen atoms in total. The Hall–Kier alpha value is -2.28. The van der Waals surface area contributed by atoms with E-state index in [-0.39, 0.29) is 5.91 Å². The summed E-state index contributed by atoms with van der Waals surface area (Å²) in [5.74, 6) is 1.96. The number of carbonyl (C=O) groups is 1. The number of carbonyl (C=O) groups excluding carboxylic acids is 1. The number of piperazine rings is 1. The predicted molar refractivity (Wildman–Crippen MR) is 104 cm³/mol. The molecule has 0 radical (unpaired) electrons. The number of methoxy groups -OCH3 is 1. The average Bonchev–Trinajstić information content (AvgIpc) is 2.68. The van der Waals surface area contributed by atoms with Gasteiger partial charge in [-0.05, 0) is 25.5 Å². The van der Waals surface area contributed by atoms with Gasteiger partial charge in [-0.1, -0.05) is 17.7 Å². The lowest BCUT2D eigenvalue weighted by Gasteiger charge is -2.35. The third-order valence-corrected chi connectivity index (χ3v) is 5.60.